The first-order valence-corrected chi connectivity index (χ1v) is 9.53. The minimum absolute atomic E-state index is 0.0562. The van der Waals surface area contributed by atoms with Crippen LogP contribution in [0.1, 0.15) is 17.2 Å². The van der Waals surface area contributed by atoms with E-state index in [2.05, 4.69) is 13.2 Å². The first-order chi connectivity index (χ1) is 14.9. The van der Waals surface area contributed by atoms with Gasteiger partial charge in [-0.05, 0) is 42.0 Å². The van der Waals surface area contributed by atoms with E-state index in [0.29, 0.717) is 23.5 Å². The molecule has 0 radical (unpaired) electrons. The van der Waals surface area contributed by atoms with Gasteiger partial charge >= 0.3 is 0 Å². The summed E-state index contributed by atoms with van der Waals surface area (Å²) in [7, 11) is 1.40. The number of hydrogen-bond donors (Lipinski definition) is 2. The molecule has 2 N–H and O–H groups in total. The van der Waals surface area contributed by atoms with Gasteiger partial charge in [-0.2, -0.15) is 0 Å². The maximum atomic E-state index is 12.9. The zero-order valence-electron chi connectivity index (χ0n) is 17.1. The Hall–Kier alpha value is -4.00. The predicted molar refractivity (Wildman–Crippen MR) is 116 cm³/mol. The number of phenolic OH excluding ortho intramolecular Hbond substituents is 1. The van der Waals surface area contributed by atoms with Gasteiger partial charge in [0.15, 0.2) is 11.5 Å². The van der Waals surface area contributed by atoms with Crippen LogP contribution in [0.2, 0.25) is 0 Å². The van der Waals surface area contributed by atoms with E-state index < -0.39 is 17.7 Å². The first-order valence-electron chi connectivity index (χ1n) is 9.53. The van der Waals surface area contributed by atoms with Gasteiger partial charge in [-0.25, -0.2) is 0 Å². The third-order valence-electron chi connectivity index (χ3n) is 4.88. The lowest BCUT2D eigenvalue weighted by Gasteiger charge is -2.24. The van der Waals surface area contributed by atoms with Crippen molar-refractivity contribution in [2.24, 2.45) is 0 Å². The highest BCUT2D eigenvalue weighted by atomic mass is 16.5. The number of nitrogens with zero attached hydrogens (tertiary/aromatic N) is 1. The number of aliphatic hydroxyl groups excluding tert-OH is 1. The van der Waals surface area contributed by atoms with E-state index in [1.165, 1.54) is 30.2 Å². The summed E-state index contributed by atoms with van der Waals surface area (Å²) in [6.07, 6.45) is 3.11. The second-order valence-electron chi connectivity index (χ2n) is 6.80. The highest BCUT2D eigenvalue weighted by Gasteiger charge is 2.45. The number of hydrogen-bond acceptors (Lipinski definition) is 6. The summed E-state index contributed by atoms with van der Waals surface area (Å²) in [6.45, 7) is 7.68. The van der Waals surface area contributed by atoms with Gasteiger partial charge < -0.3 is 24.6 Å². The van der Waals surface area contributed by atoms with Crippen LogP contribution in [-0.4, -0.2) is 47.1 Å². The number of ether oxygens (including phenoxy) is 2. The second kappa shape index (κ2) is 9.21. The molecule has 7 heteroatoms. The Morgan fingerprint density at radius 2 is 1.84 bits per heavy atom. The molecule has 7 nitrogen and oxygen atoms in total. The highest BCUT2D eigenvalue weighted by Crippen LogP contribution is 2.41. The number of phenols is 1. The molecule has 1 heterocycles. The van der Waals surface area contributed by atoms with Gasteiger partial charge in [-0.15, -0.1) is 6.58 Å². The second-order valence-corrected chi connectivity index (χ2v) is 6.80. The van der Waals surface area contributed by atoms with Crippen molar-refractivity contribution in [3.63, 3.8) is 0 Å². The summed E-state index contributed by atoms with van der Waals surface area (Å²) < 4.78 is 10.6. The maximum absolute atomic E-state index is 12.9. The van der Waals surface area contributed by atoms with E-state index in [4.69, 9.17) is 9.47 Å². The van der Waals surface area contributed by atoms with Crippen molar-refractivity contribution >= 4 is 17.4 Å². The molecule has 1 amide bonds. The monoisotopic (exact) mass is 421 g/mol. The number of ketones is 1. The number of methoxy groups -OCH3 is 1. The van der Waals surface area contributed by atoms with Crippen LogP contribution < -0.4 is 9.47 Å². The molecule has 1 atom stereocenters. The normalized spacial score (nSPS) is 17.5. The summed E-state index contributed by atoms with van der Waals surface area (Å²) in [5.41, 5.74) is 0.806. The van der Waals surface area contributed by atoms with Gasteiger partial charge in [0, 0.05) is 12.1 Å². The molecular weight excluding hydrogens is 398 g/mol. The molecule has 31 heavy (non-hydrogen) atoms. The molecule has 2 aromatic rings. The summed E-state index contributed by atoms with van der Waals surface area (Å²) >= 11 is 0. The van der Waals surface area contributed by atoms with E-state index >= 15 is 0 Å². The molecule has 0 saturated carbocycles. The van der Waals surface area contributed by atoms with Crippen molar-refractivity contribution in [3.05, 3.63) is 84.5 Å². The number of Topliss-reactive ketones (excluding diaryl/α,β-unsaturated/α-hetero) is 1. The van der Waals surface area contributed by atoms with Crippen molar-refractivity contribution in [3.8, 4) is 17.2 Å². The minimum atomic E-state index is -0.871. The molecule has 0 aromatic heterocycles. The minimum Gasteiger partial charge on any atom is -0.507 e. The Morgan fingerprint density at radius 3 is 2.45 bits per heavy atom. The molecule has 0 aliphatic carbocycles. The summed E-state index contributed by atoms with van der Waals surface area (Å²) in [5.74, 6) is -1.18. The number of aromatic hydroxyl groups is 1. The van der Waals surface area contributed by atoms with Crippen LogP contribution >= 0.6 is 0 Å². The van der Waals surface area contributed by atoms with Gasteiger partial charge in [0.1, 0.15) is 18.1 Å². The van der Waals surface area contributed by atoms with Crippen LogP contribution in [0.15, 0.2) is 73.3 Å². The average Bonchev–Trinajstić information content (AvgIpc) is 3.03. The number of amides is 1. The van der Waals surface area contributed by atoms with Gasteiger partial charge in [0.25, 0.3) is 11.7 Å². The van der Waals surface area contributed by atoms with E-state index in [1.807, 2.05) is 0 Å². The van der Waals surface area contributed by atoms with Crippen molar-refractivity contribution in [2.45, 2.75) is 6.04 Å². The Bertz CT molecular complexity index is 1050. The average molecular weight is 421 g/mol. The first kappa shape index (κ1) is 21.7. The summed E-state index contributed by atoms with van der Waals surface area (Å²) in [6, 6.07) is 10.1. The van der Waals surface area contributed by atoms with Gasteiger partial charge in [-0.1, -0.05) is 24.8 Å². The van der Waals surface area contributed by atoms with E-state index in [1.54, 1.807) is 36.4 Å². The molecule has 160 valence electrons. The van der Waals surface area contributed by atoms with Crippen molar-refractivity contribution in [2.75, 3.05) is 20.3 Å². The van der Waals surface area contributed by atoms with E-state index in [-0.39, 0.29) is 29.4 Å². The van der Waals surface area contributed by atoms with Crippen LogP contribution in [0.4, 0.5) is 0 Å². The number of aliphatic hydroxyl groups is 1. The maximum Gasteiger partial charge on any atom is 0.295 e. The Balaban J connectivity index is 2.12. The Labute approximate surface area is 180 Å². The number of benzene rings is 2. The summed E-state index contributed by atoms with van der Waals surface area (Å²) in [5, 5.41) is 20.9. The van der Waals surface area contributed by atoms with Crippen molar-refractivity contribution in [1.82, 2.24) is 4.90 Å². The number of likely N-dealkylation sites (tertiary alicyclic amines) is 1. The topological polar surface area (TPSA) is 96.3 Å². The molecule has 0 spiro atoms. The van der Waals surface area contributed by atoms with Crippen molar-refractivity contribution < 1.29 is 29.3 Å². The number of rotatable bonds is 8. The van der Waals surface area contributed by atoms with Gasteiger partial charge in [-0.3, -0.25) is 9.59 Å². The predicted octanol–water partition coefficient (Wildman–Crippen LogP) is 3.57. The Morgan fingerprint density at radius 1 is 1.13 bits per heavy atom. The standard InChI is InChI=1S/C24H23NO6/c1-4-12-25-21(16-8-11-18(26)19(14-16)30-3)20(23(28)24(25)29)22(27)15-6-9-17(10-7-15)31-13-5-2/h4-11,14,21,26-27H,1-2,12-13H2,3H3/t21-/m0/s1. The third kappa shape index (κ3) is 4.16. The number of carbonyl (C=O) groups is 2. The molecule has 1 aliphatic rings. The van der Waals surface area contributed by atoms with Crippen LogP contribution in [0, 0.1) is 0 Å². The zero-order chi connectivity index (χ0) is 22.5. The fraction of sp³-hybridized carbons (Fsp3) is 0.167. The fourth-order valence-corrected chi connectivity index (χ4v) is 3.44. The molecule has 1 fully saturated rings. The Kier molecular flexibility index (Phi) is 6.45. The molecule has 1 saturated heterocycles. The molecular formula is C24H23NO6. The molecule has 0 unspecified atom stereocenters. The van der Waals surface area contributed by atoms with Crippen LogP contribution in [0.25, 0.3) is 5.76 Å². The molecule has 0 bridgehead atoms. The van der Waals surface area contributed by atoms with Crippen molar-refractivity contribution in [1.29, 1.82) is 0 Å². The molecule has 3 rings (SSSR count). The third-order valence-corrected chi connectivity index (χ3v) is 4.88. The highest BCUT2D eigenvalue weighted by molar-refractivity contribution is 6.46. The van der Waals surface area contributed by atoms with Gasteiger partial charge in [0.2, 0.25) is 0 Å². The SMILES string of the molecule is C=CCOc1ccc(C(O)=C2C(=O)C(=O)N(CC=C)[C@H]2c2ccc(O)c(OC)c2)cc1. The van der Waals surface area contributed by atoms with Crippen LogP contribution in [0.3, 0.4) is 0 Å². The van der Waals surface area contributed by atoms with Crippen LogP contribution in [-0.2, 0) is 9.59 Å². The molecule has 2 aromatic carbocycles. The van der Waals surface area contributed by atoms with E-state index in [0.717, 1.165) is 0 Å². The number of carbonyl (C=O) groups excluding carboxylic acids is 2. The van der Waals surface area contributed by atoms with E-state index in [9.17, 15) is 19.8 Å². The lowest BCUT2D eigenvalue weighted by atomic mass is 9.95. The van der Waals surface area contributed by atoms with Crippen LogP contribution in [0.5, 0.6) is 17.2 Å². The zero-order valence-corrected chi connectivity index (χ0v) is 17.1. The summed E-state index contributed by atoms with van der Waals surface area (Å²) in [4.78, 5) is 26.9. The lowest BCUT2D eigenvalue weighted by molar-refractivity contribution is -0.139. The molecule has 1 aliphatic heterocycles. The fourth-order valence-electron chi connectivity index (χ4n) is 3.44. The van der Waals surface area contributed by atoms with Gasteiger partial charge in [0.05, 0.1) is 18.7 Å². The lowest BCUT2D eigenvalue weighted by Crippen LogP contribution is -2.29. The smallest absolute Gasteiger partial charge is 0.295 e. The quantitative estimate of drug-likeness (QED) is 0.293. The largest absolute Gasteiger partial charge is 0.507 e.